The lowest BCUT2D eigenvalue weighted by atomic mass is 9.94. The highest BCUT2D eigenvalue weighted by molar-refractivity contribution is 9.10. The van der Waals surface area contributed by atoms with E-state index >= 15 is 0 Å². The van der Waals surface area contributed by atoms with E-state index in [0.717, 1.165) is 15.6 Å². The number of fused-ring (bicyclic) bond motifs is 1. The number of thiazole rings is 1. The molecule has 214 valence electrons. The van der Waals surface area contributed by atoms with Crippen LogP contribution in [0.2, 0.25) is 0 Å². The molecule has 0 saturated carbocycles. The average molecular weight is 649 g/mol. The maximum absolute atomic E-state index is 13.8. The van der Waals surface area contributed by atoms with Crippen molar-refractivity contribution in [3.05, 3.63) is 135 Å². The van der Waals surface area contributed by atoms with Crippen LogP contribution in [0.25, 0.3) is 6.08 Å². The van der Waals surface area contributed by atoms with Crippen LogP contribution in [0.5, 0.6) is 5.75 Å². The van der Waals surface area contributed by atoms with Crippen molar-refractivity contribution in [3.63, 3.8) is 0 Å². The van der Waals surface area contributed by atoms with Gasteiger partial charge in [0.05, 0.1) is 33.4 Å². The van der Waals surface area contributed by atoms with Crippen LogP contribution < -0.4 is 19.6 Å². The smallest absolute Gasteiger partial charge is 0.338 e. The van der Waals surface area contributed by atoms with Crippen molar-refractivity contribution in [3.8, 4) is 5.75 Å². The first-order chi connectivity index (χ1) is 20.2. The number of rotatable bonds is 8. The molecule has 0 saturated heterocycles. The molecule has 2 heterocycles. The van der Waals surface area contributed by atoms with E-state index in [-0.39, 0.29) is 23.4 Å². The Morgan fingerprint density at radius 3 is 2.50 bits per heavy atom. The molecule has 1 aliphatic rings. The molecule has 5 rings (SSSR count). The van der Waals surface area contributed by atoms with Crippen LogP contribution >= 0.6 is 27.3 Å². The zero-order chi connectivity index (χ0) is 30.0. The largest absolute Gasteiger partial charge is 0.489 e. The van der Waals surface area contributed by atoms with E-state index in [1.807, 2.05) is 48.5 Å². The van der Waals surface area contributed by atoms with Crippen LogP contribution in [0.15, 0.2) is 92.3 Å². The molecule has 0 aliphatic carbocycles. The molecule has 0 unspecified atom stereocenters. The lowest BCUT2D eigenvalue weighted by Crippen LogP contribution is -2.40. The van der Waals surface area contributed by atoms with Crippen LogP contribution in [0.1, 0.15) is 42.1 Å². The normalized spacial score (nSPS) is 14.8. The highest BCUT2D eigenvalue weighted by Gasteiger charge is 2.34. The minimum atomic E-state index is -0.934. The highest BCUT2D eigenvalue weighted by atomic mass is 79.9. The van der Waals surface area contributed by atoms with Crippen molar-refractivity contribution < 1.29 is 19.2 Å². The van der Waals surface area contributed by atoms with E-state index < -0.39 is 16.9 Å². The van der Waals surface area contributed by atoms with Gasteiger partial charge in [-0.3, -0.25) is 19.5 Å². The predicted octanol–water partition coefficient (Wildman–Crippen LogP) is 5.36. The molecule has 9 nitrogen and oxygen atoms in total. The maximum atomic E-state index is 13.8. The molecule has 0 spiro atoms. The van der Waals surface area contributed by atoms with Gasteiger partial charge in [-0.2, -0.15) is 0 Å². The van der Waals surface area contributed by atoms with Gasteiger partial charge in [0.2, 0.25) is 0 Å². The summed E-state index contributed by atoms with van der Waals surface area (Å²) in [5, 5.41) is 11.7. The third-order valence-corrected chi connectivity index (χ3v) is 8.27. The van der Waals surface area contributed by atoms with E-state index in [4.69, 9.17) is 9.47 Å². The van der Waals surface area contributed by atoms with E-state index in [2.05, 4.69) is 20.9 Å². The summed E-state index contributed by atoms with van der Waals surface area (Å²) in [4.78, 5) is 43.1. The molecule has 1 atom stereocenters. The zero-order valence-corrected chi connectivity index (χ0v) is 25.4. The number of aromatic nitrogens is 1. The Bertz CT molecular complexity index is 1890. The molecule has 1 aromatic heterocycles. The number of carbonyl (C=O) groups is 1. The van der Waals surface area contributed by atoms with E-state index in [0.29, 0.717) is 38.5 Å². The molecule has 0 fully saturated rings. The van der Waals surface area contributed by atoms with Crippen LogP contribution in [-0.4, -0.2) is 22.1 Å². The molecule has 0 amide bonds. The molecule has 4 aromatic rings. The van der Waals surface area contributed by atoms with Gasteiger partial charge in [0.1, 0.15) is 12.4 Å². The van der Waals surface area contributed by atoms with Gasteiger partial charge in [-0.05, 0) is 67.8 Å². The molecule has 11 heteroatoms. The van der Waals surface area contributed by atoms with E-state index in [1.165, 1.54) is 22.0 Å². The number of nitro benzene ring substituents is 1. The van der Waals surface area contributed by atoms with Crippen molar-refractivity contribution in [2.75, 3.05) is 6.61 Å². The first kappa shape index (κ1) is 29.2. The van der Waals surface area contributed by atoms with Crippen molar-refractivity contribution >= 4 is 45.0 Å². The average Bonchev–Trinajstić information content (AvgIpc) is 3.27. The number of allylic oxidation sites excluding steroid dienone is 1. The number of halogens is 1. The Hall–Kier alpha value is -4.35. The number of nitro groups is 1. The highest BCUT2D eigenvalue weighted by Crippen LogP contribution is 2.33. The standard InChI is InChI=1S/C31H26BrN3O6S/c1-4-40-30(37)27-19(3)33-31-34(28(27)22-10-5-18(2)25(16-22)35(38)39)29(36)26(42-31)15-20-8-13-24(14-9-20)41-17-21-6-11-23(32)12-7-21/h5-16,28H,4,17H2,1-3H3/b26-15+/t28-/m0/s1. The molecule has 0 N–H and O–H groups in total. The summed E-state index contributed by atoms with van der Waals surface area (Å²) in [6.07, 6.45) is 1.75. The minimum Gasteiger partial charge on any atom is -0.489 e. The van der Waals surface area contributed by atoms with Gasteiger partial charge >= 0.3 is 5.97 Å². The summed E-state index contributed by atoms with van der Waals surface area (Å²) in [5.41, 5.74) is 2.80. The second-order valence-electron chi connectivity index (χ2n) is 9.59. The fraction of sp³-hybridized carbons (Fsp3) is 0.194. The van der Waals surface area contributed by atoms with Gasteiger partial charge in [-0.1, -0.05) is 63.7 Å². The van der Waals surface area contributed by atoms with Crippen LogP contribution in [-0.2, 0) is 16.1 Å². The second kappa shape index (κ2) is 12.3. The van der Waals surface area contributed by atoms with Gasteiger partial charge in [-0.25, -0.2) is 9.79 Å². The van der Waals surface area contributed by atoms with Gasteiger partial charge in [-0.15, -0.1) is 0 Å². The van der Waals surface area contributed by atoms with Crippen molar-refractivity contribution in [2.45, 2.75) is 33.4 Å². The van der Waals surface area contributed by atoms with Gasteiger partial charge in [0.15, 0.2) is 4.80 Å². The van der Waals surface area contributed by atoms with Gasteiger partial charge in [0, 0.05) is 16.1 Å². The number of ether oxygens (including phenoxy) is 2. The van der Waals surface area contributed by atoms with Crippen molar-refractivity contribution in [1.82, 2.24) is 4.57 Å². The van der Waals surface area contributed by atoms with Crippen molar-refractivity contribution in [2.24, 2.45) is 4.99 Å². The second-order valence-corrected chi connectivity index (χ2v) is 11.5. The topological polar surface area (TPSA) is 113 Å². The maximum Gasteiger partial charge on any atom is 0.338 e. The Balaban J connectivity index is 1.53. The van der Waals surface area contributed by atoms with Crippen LogP contribution in [0, 0.1) is 17.0 Å². The summed E-state index contributed by atoms with van der Waals surface area (Å²) >= 11 is 4.61. The number of esters is 1. The van der Waals surface area contributed by atoms with Crippen molar-refractivity contribution in [1.29, 1.82) is 0 Å². The minimum absolute atomic E-state index is 0.102. The summed E-state index contributed by atoms with van der Waals surface area (Å²) < 4.78 is 14.0. The number of hydrogen-bond acceptors (Lipinski definition) is 8. The Morgan fingerprint density at radius 1 is 1.12 bits per heavy atom. The lowest BCUT2D eigenvalue weighted by Gasteiger charge is -2.24. The number of aryl methyl sites for hydroxylation is 1. The number of benzene rings is 3. The number of carbonyl (C=O) groups excluding carboxylic acids is 1. The van der Waals surface area contributed by atoms with E-state index in [1.54, 1.807) is 39.0 Å². The van der Waals surface area contributed by atoms with Crippen LogP contribution in [0.3, 0.4) is 0 Å². The summed E-state index contributed by atoms with van der Waals surface area (Å²) in [5.74, 6) is 0.0622. The molecule has 0 bridgehead atoms. The number of hydrogen-bond donors (Lipinski definition) is 0. The third kappa shape index (κ3) is 5.97. The first-order valence-corrected chi connectivity index (χ1v) is 14.7. The Labute approximate surface area is 253 Å². The fourth-order valence-corrected chi connectivity index (χ4v) is 5.97. The Kier molecular flexibility index (Phi) is 8.51. The first-order valence-electron chi connectivity index (χ1n) is 13.1. The van der Waals surface area contributed by atoms with Gasteiger partial charge in [0.25, 0.3) is 11.2 Å². The third-order valence-electron chi connectivity index (χ3n) is 6.76. The molecular weight excluding hydrogens is 622 g/mol. The zero-order valence-electron chi connectivity index (χ0n) is 23.0. The summed E-state index contributed by atoms with van der Waals surface area (Å²) in [6, 6.07) is 19.0. The van der Waals surface area contributed by atoms with E-state index in [9.17, 15) is 19.7 Å². The summed E-state index contributed by atoms with van der Waals surface area (Å²) in [7, 11) is 0. The Morgan fingerprint density at radius 2 is 1.83 bits per heavy atom. The summed E-state index contributed by atoms with van der Waals surface area (Å²) in [6.45, 7) is 5.55. The molecule has 1 aliphatic heterocycles. The molecular formula is C31H26BrN3O6S. The SMILES string of the molecule is CCOC(=O)C1=C(C)N=c2s/c(=C/c3ccc(OCc4ccc(Br)cc4)cc3)c(=O)n2[C@H]1c1ccc(C)c([N+](=O)[O-])c1. The van der Waals surface area contributed by atoms with Crippen LogP contribution in [0.4, 0.5) is 5.69 Å². The van der Waals surface area contributed by atoms with Gasteiger partial charge < -0.3 is 9.47 Å². The molecule has 0 radical (unpaired) electrons. The lowest BCUT2D eigenvalue weighted by molar-refractivity contribution is -0.385. The molecule has 3 aromatic carbocycles. The quantitative estimate of drug-likeness (QED) is 0.145. The monoisotopic (exact) mass is 647 g/mol. The fourth-order valence-electron chi connectivity index (χ4n) is 4.66. The predicted molar refractivity (Wildman–Crippen MR) is 163 cm³/mol. The number of nitrogens with zero attached hydrogens (tertiary/aromatic N) is 3. The molecule has 42 heavy (non-hydrogen) atoms.